The Balaban J connectivity index is 2.81. The van der Waals surface area contributed by atoms with Crippen LogP contribution in [0, 0.1) is 18.1 Å². The van der Waals surface area contributed by atoms with Gasteiger partial charge in [0.15, 0.2) is 0 Å². The summed E-state index contributed by atoms with van der Waals surface area (Å²) in [6, 6.07) is 0. The van der Waals surface area contributed by atoms with E-state index in [0.717, 1.165) is 0 Å². The summed E-state index contributed by atoms with van der Waals surface area (Å²) in [6.45, 7) is 3.29. The molecule has 0 aliphatic heterocycles. The molecule has 0 aliphatic rings. The van der Waals surface area contributed by atoms with E-state index in [1.165, 1.54) is 11.8 Å². The van der Waals surface area contributed by atoms with Gasteiger partial charge in [-0.2, -0.15) is 0 Å². The van der Waals surface area contributed by atoms with Crippen LogP contribution in [0.4, 0.5) is 0 Å². The summed E-state index contributed by atoms with van der Waals surface area (Å²) in [5, 5.41) is 2.67. The summed E-state index contributed by atoms with van der Waals surface area (Å²) in [6.07, 6.45) is 1.91. The second kappa shape index (κ2) is 3.91. The van der Waals surface area contributed by atoms with Crippen molar-refractivity contribution in [1.82, 2.24) is 0 Å². The number of thioether (sulfide) groups is 1. The van der Waals surface area contributed by atoms with Crippen molar-refractivity contribution in [3.05, 3.63) is 6.92 Å². The van der Waals surface area contributed by atoms with Crippen LogP contribution in [-0.4, -0.2) is 6.26 Å². The molecule has 0 aromatic carbocycles. The van der Waals surface area contributed by atoms with E-state index in [2.05, 4.69) is 18.1 Å². The van der Waals surface area contributed by atoms with Gasteiger partial charge in [-0.05, 0) is 11.5 Å². The van der Waals surface area contributed by atoms with Crippen molar-refractivity contribution in [2.45, 2.75) is 0 Å². The molecule has 0 N–H and O–H groups in total. The predicted octanol–water partition coefficient (Wildman–Crippen LogP) is 1.14. The molecule has 0 unspecified atom stereocenters. The zero-order valence-electron chi connectivity index (χ0n) is 3.12. The van der Waals surface area contributed by atoms with Gasteiger partial charge in [0.25, 0.3) is 0 Å². The van der Waals surface area contributed by atoms with Gasteiger partial charge < -0.3 is 0 Å². The molecular weight excluding hydrogens is 80.1 g/mol. The van der Waals surface area contributed by atoms with E-state index in [4.69, 9.17) is 0 Å². The van der Waals surface area contributed by atoms with E-state index < -0.39 is 0 Å². The average molecular weight is 85.2 g/mol. The Morgan fingerprint density at radius 2 is 2.40 bits per heavy atom. The summed E-state index contributed by atoms with van der Waals surface area (Å²) < 4.78 is 0. The van der Waals surface area contributed by atoms with Crippen molar-refractivity contribution in [3.8, 4) is 11.2 Å². The van der Waals surface area contributed by atoms with E-state index in [9.17, 15) is 0 Å². The van der Waals surface area contributed by atoms with E-state index >= 15 is 0 Å². The third-order valence-electron chi connectivity index (χ3n) is 0.174. The van der Waals surface area contributed by atoms with Crippen LogP contribution >= 0.6 is 11.8 Å². The van der Waals surface area contributed by atoms with Crippen LogP contribution in [0.25, 0.3) is 0 Å². The third-order valence-corrected chi connectivity index (χ3v) is 0.523. The van der Waals surface area contributed by atoms with Crippen LogP contribution in [0.5, 0.6) is 0 Å². The van der Waals surface area contributed by atoms with Gasteiger partial charge in [-0.1, -0.05) is 17.7 Å². The summed E-state index contributed by atoms with van der Waals surface area (Å²) in [5.41, 5.74) is 0. The van der Waals surface area contributed by atoms with Gasteiger partial charge in [0.1, 0.15) is 0 Å². The maximum Gasteiger partial charge on any atom is 0.0208 e. The molecule has 1 heteroatoms. The van der Waals surface area contributed by atoms with E-state index in [-0.39, 0.29) is 0 Å². The largest absolute Gasteiger partial charge is 0.0903 e. The van der Waals surface area contributed by atoms with Crippen molar-refractivity contribution in [3.63, 3.8) is 0 Å². The predicted molar refractivity (Wildman–Crippen MR) is 26.6 cm³/mol. The van der Waals surface area contributed by atoms with E-state index in [1.807, 2.05) is 6.26 Å². The standard InChI is InChI=1S/C4H5S/c1-3-4-5-2/h1H2,2H3. The van der Waals surface area contributed by atoms with Crippen molar-refractivity contribution in [1.29, 1.82) is 0 Å². The number of hydrogen-bond acceptors (Lipinski definition) is 1. The fraction of sp³-hybridized carbons (Fsp3) is 0.250. The summed E-state index contributed by atoms with van der Waals surface area (Å²) >= 11 is 1.48. The highest BCUT2D eigenvalue weighted by Gasteiger charge is 1.48. The first-order chi connectivity index (χ1) is 2.41. The Morgan fingerprint density at radius 1 is 1.80 bits per heavy atom. The Labute approximate surface area is 37.0 Å². The lowest BCUT2D eigenvalue weighted by molar-refractivity contribution is 2.40. The quantitative estimate of drug-likeness (QED) is 0.397. The number of rotatable bonds is 0. The lowest BCUT2D eigenvalue weighted by Crippen LogP contribution is -1.36. The molecular formula is C4H5S. The molecule has 0 aromatic rings. The SMILES string of the molecule is [CH2]C#CSC. The van der Waals surface area contributed by atoms with Crippen LogP contribution in [0.2, 0.25) is 0 Å². The molecule has 1 radical (unpaired) electrons. The Morgan fingerprint density at radius 3 is 2.40 bits per heavy atom. The zero-order valence-corrected chi connectivity index (χ0v) is 3.93. The van der Waals surface area contributed by atoms with Crippen molar-refractivity contribution in [2.75, 3.05) is 6.26 Å². The number of hydrogen-bond donors (Lipinski definition) is 0. The maximum atomic E-state index is 3.29. The van der Waals surface area contributed by atoms with Crippen LogP contribution in [0.15, 0.2) is 0 Å². The van der Waals surface area contributed by atoms with Crippen molar-refractivity contribution < 1.29 is 0 Å². The first-order valence-corrected chi connectivity index (χ1v) is 2.44. The molecule has 0 rings (SSSR count). The molecule has 0 amide bonds. The van der Waals surface area contributed by atoms with Crippen LogP contribution in [-0.2, 0) is 0 Å². The molecule has 0 saturated heterocycles. The molecule has 0 spiro atoms. The molecule has 0 heterocycles. The topological polar surface area (TPSA) is 0 Å². The van der Waals surface area contributed by atoms with Crippen molar-refractivity contribution in [2.24, 2.45) is 0 Å². The fourth-order valence-electron chi connectivity index (χ4n) is 0.0722. The van der Waals surface area contributed by atoms with Gasteiger partial charge in [0.2, 0.25) is 0 Å². The fourth-order valence-corrected chi connectivity index (χ4v) is 0.217. The minimum atomic E-state index is 1.48. The molecule has 27 valence electrons. The van der Waals surface area contributed by atoms with Gasteiger partial charge >= 0.3 is 0 Å². The maximum absolute atomic E-state index is 3.29. The molecule has 0 fully saturated rings. The normalized spacial score (nSPS) is 5.20. The Bertz CT molecular complexity index is 55.8. The summed E-state index contributed by atoms with van der Waals surface area (Å²) in [5.74, 6) is 2.48. The van der Waals surface area contributed by atoms with Crippen LogP contribution in [0.3, 0.4) is 0 Å². The first-order valence-electron chi connectivity index (χ1n) is 1.22. The minimum absolute atomic E-state index is 1.48. The van der Waals surface area contributed by atoms with Crippen LogP contribution < -0.4 is 0 Å². The van der Waals surface area contributed by atoms with Gasteiger partial charge in [-0.15, -0.1) is 0 Å². The van der Waals surface area contributed by atoms with Gasteiger partial charge in [0, 0.05) is 6.92 Å². The molecule has 0 aliphatic carbocycles. The van der Waals surface area contributed by atoms with Gasteiger partial charge in [-0.25, -0.2) is 0 Å². The zero-order chi connectivity index (χ0) is 4.12. The van der Waals surface area contributed by atoms with Gasteiger partial charge in [-0.3, -0.25) is 0 Å². The molecule has 0 bridgehead atoms. The lowest BCUT2D eigenvalue weighted by Gasteiger charge is -1.58. The monoisotopic (exact) mass is 85.0 g/mol. The smallest absolute Gasteiger partial charge is 0.0208 e. The first kappa shape index (κ1) is 4.91. The Hall–Kier alpha value is -0.0900. The second-order valence-electron chi connectivity index (χ2n) is 0.483. The Kier molecular flexibility index (Phi) is 3.84. The highest BCUT2D eigenvalue weighted by Crippen LogP contribution is 1.80. The van der Waals surface area contributed by atoms with Crippen LogP contribution in [0.1, 0.15) is 0 Å². The van der Waals surface area contributed by atoms with Crippen molar-refractivity contribution >= 4 is 11.8 Å². The van der Waals surface area contributed by atoms with E-state index in [0.29, 0.717) is 0 Å². The summed E-state index contributed by atoms with van der Waals surface area (Å²) in [7, 11) is 0. The lowest BCUT2D eigenvalue weighted by atomic mass is 10.9. The second-order valence-corrected chi connectivity index (χ2v) is 1.10. The average Bonchev–Trinajstić information content (AvgIpc) is 1.41. The van der Waals surface area contributed by atoms with E-state index in [1.54, 1.807) is 0 Å². The highest BCUT2D eigenvalue weighted by atomic mass is 32.2. The molecule has 0 nitrogen and oxygen atoms in total. The third kappa shape index (κ3) is 3.91. The molecule has 0 saturated carbocycles. The summed E-state index contributed by atoms with van der Waals surface area (Å²) in [4.78, 5) is 0. The molecule has 0 aromatic heterocycles. The van der Waals surface area contributed by atoms with Gasteiger partial charge in [0.05, 0.1) is 0 Å². The minimum Gasteiger partial charge on any atom is -0.0903 e. The molecule has 0 atom stereocenters. The highest BCUT2D eigenvalue weighted by molar-refractivity contribution is 8.03. The molecule has 5 heavy (non-hydrogen) atoms.